The Labute approximate surface area is 107 Å². The molecule has 0 amide bonds. The molecule has 2 unspecified atom stereocenters. The molecule has 0 aromatic rings. The lowest BCUT2D eigenvalue weighted by Crippen LogP contribution is -2.40. The summed E-state index contributed by atoms with van der Waals surface area (Å²) in [4.78, 5) is 0. The van der Waals surface area contributed by atoms with Gasteiger partial charge in [0.05, 0.1) is 6.61 Å². The van der Waals surface area contributed by atoms with Gasteiger partial charge in [-0.3, -0.25) is 0 Å². The predicted octanol–water partition coefficient (Wildman–Crippen LogP) is 3.34. The minimum Gasteiger partial charge on any atom is -0.395 e. The van der Waals surface area contributed by atoms with Crippen molar-refractivity contribution in [3.8, 4) is 0 Å². The molecule has 1 rings (SSSR count). The van der Waals surface area contributed by atoms with E-state index in [-0.39, 0.29) is 6.61 Å². The minimum atomic E-state index is 0.274. The highest BCUT2D eigenvalue weighted by molar-refractivity contribution is 4.82. The van der Waals surface area contributed by atoms with Gasteiger partial charge in [-0.25, -0.2) is 0 Å². The second-order valence-electron chi connectivity index (χ2n) is 6.72. The molecule has 2 N–H and O–H groups in total. The van der Waals surface area contributed by atoms with Gasteiger partial charge in [0.15, 0.2) is 0 Å². The van der Waals surface area contributed by atoms with Crippen molar-refractivity contribution < 1.29 is 5.11 Å². The Morgan fingerprint density at radius 2 is 1.88 bits per heavy atom. The third-order valence-corrected chi connectivity index (χ3v) is 4.38. The normalized spacial score (nSPS) is 28.8. The summed E-state index contributed by atoms with van der Waals surface area (Å²) in [6, 6.07) is 0.922. The maximum Gasteiger partial charge on any atom is 0.0584 e. The van der Waals surface area contributed by atoms with Crippen LogP contribution in [0.15, 0.2) is 0 Å². The van der Waals surface area contributed by atoms with Crippen LogP contribution in [0.5, 0.6) is 0 Å². The first-order chi connectivity index (χ1) is 7.97. The van der Waals surface area contributed by atoms with E-state index in [1.165, 1.54) is 32.1 Å². The standard InChI is InChI=1S/C15H31NO/c1-5-13(11-17)16-14-8-6-7-12(9-10-14)15(2,3)4/h12-14,16-17H,5-11H2,1-4H3/t12?,13-,14?/m1/s1. The first-order valence-corrected chi connectivity index (χ1v) is 7.34. The molecule has 2 nitrogen and oxygen atoms in total. The Morgan fingerprint density at radius 1 is 1.18 bits per heavy atom. The summed E-state index contributed by atoms with van der Waals surface area (Å²) in [6.45, 7) is 9.52. The lowest BCUT2D eigenvalue weighted by atomic mass is 9.76. The summed E-state index contributed by atoms with van der Waals surface area (Å²) in [7, 11) is 0. The molecule has 1 aliphatic rings. The Kier molecular flexibility index (Phi) is 5.94. The lowest BCUT2D eigenvalue weighted by molar-refractivity contribution is 0.207. The van der Waals surface area contributed by atoms with Crippen LogP contribution in [0.1, 0.15) is 66.2 Å². The van der Waals surface area contributed by atoms with Crippen LogP contribution >= 0.6 is 0 Å². The van der Waals surface area contributed by atoms with E-state index in [1.54, 1.807) is 0 Å². The molecule has 0 heterocycles. The molecule has 1 aliphatic carbocycles. The van der Waals surface area contributed by atoms with Gasteiger partial charge < -0.3 is 10.4 Å². The van der Waals surface area contributed by atoms with Crippen molar-refractivity contribution in [2.45, 2.75) is 78.3 Å². The second kappa shape index (κ2) is 6.75. The highest BCUT2D eigenvalue weighted by Crippen LogP contribution is 2.36. The maximum atomic E-state index is 9.25. The van der Waals surface area contributed by atoms with Crippen LogP contribution in [-0.2, 0) is 0 Å². The third-order valence-electron chi connectivity index (χ3n) is 4.38. The van der Waals surface area contributed by atoms with Crippen LogP contribution in [0.2, 0.25) is 0 Å². The van der Waals surface area contributed by atoms with Crippen LogP contribution in [0, 0.1) is 11.3 Å². The quantitative estimate of drug-likeness (QED) is 0.740. The van der Waals surface area contributed by atoms with E-state index in [0.717, 1.165) is 12.3 Å². The van der Waals surface area contributed by atoms with E-state index in [1.807, 2.05) is 0 Å². The van der Waals surface area contributed by atoms with Gasteiger partial charge in [0.25, 0.3) is 0 Å². The molecular formula is C15H31NO. The van der Waals surface area contributed by atoms with Crippen LogP contribution in [-0.4, -0.2) is 23.8 Å². The minimum absolute atomic E-state index is 0.274. The maximum absolute atomic E-state index is 9.25. The van der Waals surface area contributed by atoms with Crippen molar-refractivity contribution in [3.63, 3.8) is 0 Å². The molecule has 102 valence electrons. The monoisotopic (exact) mass is 241 g/mol. The van der Waals surface area contributed by atoms with Crippen LogP contribution in [0.25, 0.3) is 0 Å². The number of hydrogen-bond donors (Lipinski definition) is 2. The number of aliphatic hydroxyl groups is 1. The summed E-state index contributed by atoms with van der Waals surface area (Å²) in [5, 5.41) is 12.9. The average molecular weight is 241 g/mol. The van der Waals surface area contributed by atoms with Gasteiger partial charge in [0, 0.05) is 12.1 Å². The Balaban J connectivity index is 2.42. The van der Waals surface area contributed by atoms with Crippen molar-refractivity contribution in [1.82, 2.24) is 5.32 Å². The summed E-state index contributed by atoms with van der Waals surface area (Å²) in [6.07, 6.45) is 7.62. The fourth-order valence-electron chi connectivity index (χ4n) is 2.97. The van der Waals surface area contributed by atoms with Crippen LogP contribution < -0.4 is 5.32 Å². The van der Waals surface area contributed by atoms with Gasteiger partial charge in [0.2, 0.25) is 0 Å². The zero-order chi connectivity index (χ0) is 12.9. The Hall–Kier alpha value is -0.0800. The highest BCUT2D eigenvalue weighted by Gasteiger charge is 2.28. The fourth-order valence-corrected chi connectivity index (χ4v) is 2.97. The molecule has 0 spiro atoms. The van der Waals surface area contributed by atoms with E-state index in [4.69, 9.17) is 0 Å². The molecule has 1 saturated carbocycles. The van der Waals surface area contributed by atoms with E-state index < -0.39 is 0 Å². The van der Waals surface area contributed by atoms with Gasteiger partial charge in [-0.1, -0.05) is 34.1 Å². The Morgan fingerprint density at radius 3 is 2.41 bits per heavy atom. The molecule has 0 radical (unpaired) electrons. The fraction of sp³-hybridized carbons (Fsp3) is 1.00. The van der Waals surface area contributed by atoms with Crippen LogP contribution in [0.4, 0.5) is 0 Å². The van der Waals surface area contributed by atoms with Crippen LogP contribution in [0.3, 0.4) is 0 Å². The van der Waals surface area contributed by atoms with Gasteiger partial charge in [0.1, 0.15) is 0 Å². The van der Waals surface area contributed by atoms with E-state index >= 15 is 0 Å². The summed E-state index contributed by atoms with van der Waals surface area (Å²) in [5.74, 6) is 0.864. The molecule has 0 aromatic carbocycles. The van der Waals surface area contributed by atoms with Crippen molar-refractivity contribution in [1.29, 1.82) is 0 Å². The first kappa shape index (κ1) is 15.0. The SMILES string of the molecule is CC[C@H](CO)NC1CCCC(C(C)(C)C)CC1. The van der Waals surface area contributed by atoms with E-state index in [0.29, 0.717) is 17.5 Å². The van der Waals surface area contributed by atoms with Gasteiger partial charge >= 0.3 is 0 Å². The average Bonchev–Trinajstić information content (AvgIpc) is 2.50. The second-order valence-corrected chi connectivity index (χ2v) is 6.72. The van der Waals surface area contributed by atoms with E-state index in [9.17, 15) is 5.11 Å². The van der Waals surface area contributed by atoms with Crippen molar-refractivity contribution in [2.24, 2.45) is 11.3 Å². The van der Waals surface area contributed by atoms with Crippen molar-refractivity contribution in [2.75, 3.05) is 6.61 Å². The molecule has 2 heteroatoms. The number of hydrogen-bond acceptors (Lipinski definition) is 2. The smallest absolute Gasteiger partial charge is 0.0584 e. The zero-order valence-electron chi connectivity index (χ0n) is 12.1. The number of aliphatic hydroxyl groups excluding tert-OH is 1. The zero-order valence-corrected chi connectivity index (χ0v) is 12.1. The molecule has 17 heavy (non-hydrogen) atoms. The van der Waals surface area contributed by atoms with Gasteiger partial charge in [-0.2, -0.15) is 0 Å². The molecule has 1 fully saturated rings. The molecular weight excluding hydrogens is 210 g/mol. The predicted molar refractivity (Wildman–Crippen MR) is 74.1 cm³/mol. The number of rotatable bonds is 4. The van der Waals surface area contributed by atoms with Gasteiger partial charge in [-0.15, -0.1) is 0 Å². The van der Waals surface area contributed by atoms with Crippen molar-refractivity contribution >= 4 is 0 Å². The van der Waals surface area contributed by atoms with Gasteiger partial charge in [-0.05, 0) is 43.4 Å². The number of nitrogens with one attached hydrogen (secondary N) is 1. The largest absolute Gasteiger partial charge is 0.395 e. The van der Waals surface area contributed by atoms with E-state index in [2.05, 4.69) is 33.0 Å². The molecule has 0 aliphatic heterocycles. The highest BCUT2D eigenvalue weighted by atomic mass is 16.3. The molecule has 0 aromatic heterocycles. The van der Waals surface area contributed by atoms with Crippen molar-refractivity contribution in [3.05, 3.63) is 0 Å². The third kappa shape index (κ3) is 4.97. The lowest BCUT2D eigenvalue weighted by Gasteiger charge is -2.30. The molecule has 3 atom stereocenters. The summed E-state index contributed by atoms with van der Waals surface area (Å²) in [5.41, 5.74) is 0.454. The summed E-state index contributed by atoms with van der Waals surface area (Å²) < 4.78 is 0. The topological polar surface area (TPSA) is 32.3 Å². The molecule has 0 saturated heterocycles. The molecule has 0 bridgehead atoms. The Bertz CT molecular complexity index is 205. The summed E-state index contributed by atoms with van der Waals surface area (Å²) >= 11 is 0. The first-order valence-electron chi connectivity index (χ1n) is 7.34.